The number of anilines is 3. The van der Waals surface area contributed by atoms with Crippen molar-refractivity contribution in [3.63, 3.8) is 0 Å². The molecular weight excluding hydrogens is 695 g/mol. The van der Waals surface area contributed by atoms with Crippen LogP contribution < -0.4 is 10.5 Å². The van der Waals surface area contributed by atoms with Gasteiger partial charge in [-0.25, -0.2) is 4.98 Å². The quantitative estimate of drug-likeness (QED) is 0.164. The standard InChI is InChI=1S/C53H39N3O/c1-53(2)46-25-13-12-24-44(46)50-47(53)26-15-27-49(50)55(42-31-28-37(29-32-42)36-16-6-3-7-17-36)43-23-14-20-39(34-43)40-30-33-48-45(35-40)52(57)56(41-21-10-5-11-22-41)51(54-48)38-18-8-4-9-19-38/h3-35H,1-2H3. The molecule has 0 aliphatic heterocycles. The molecule has 57 heavy (non-hydrogen) atoms. The molecule has 0 saturated heterocycles. The highest BCUT2D eigenvalue weighted by Gasteiger charge is 2.37. The van der Waals surface area contributed by atoms with Crippen molar-refractivity contribution in [2.75, 3.05) is 4.90 Å². The zero-order valence-corrected chi connectivity index (χ0v) is 31.8. The summed E-state index contributed by atoms with van der Waals surface area (Å²) in [4.78, 5) is 22.0. The molecule has 0 radical (unpaired) electrons. The maximum atomic E-state index is 14.6. The summed E-state index contributed by atoms with van der Waals surface area (Å²) in [6.45, 7) is 4.65. The van der Waals surface area contributed by atoms with E-state index in [1.807, 2.05) is 72.8 Å². The van der Waals surface area contributed by atoms with Gasteiger partial charge < -0.3 is 4.90 Å². The van der Waals surface area contributed by atoms with E-state index >= 15 is 0 Å². The van der Waals surface area contributed by atoms with Crippen LogP contribution in [-0.4, -0.2) is 9.55 Å². The molecule has 0 unspecified atom stereocenters. The first-order valence-electron chi connectivity index (χ1n) is 19.4. The largest absolute Gasteiger partial charge is 0.310 e. The lowest BCUT2D eigenvalue weighted by Crippen LogP contribution is -2.22. The molecule has 0 spiro atoms. The van der Waals surface area contributed by atoms with Crippen LogP contribution in [0.3, 0.4) is 0 Å². The first-order valence-corrected chi connectivity index (χ1v) is 19.4. The maximum absolute atomic E-state index is 14.6. The van der Waals surface area contributed by atoms with Crippen LogP contribution in [0.25, 0.3) is 61.4 Å². The van der Waals surface area contributed by atoms with Crippen LogP contribution in [0, 0.1) is 0 Å². The smallest absolute Gasteiger partial charge is 0.266 e. The molecule has 272 valence electrons. The number of hydrogen-bond acceptors (Lipinski definition) is 3. The Bertz CT molecular complexity index is 2990. The van der Waals surface area contributed by atoms with Gasteiger partial charge in [-0.2, -0.15) is 0 Å². The molecule has 1 aliphatic carbocycles. The van der Waals surface area contributed by atoms with Crippen LogP contribution in [0.5, 0.6) is 0 Å². The molecule has 1 aromatic heterocycles. The molecule has 1 heterocycles. The zero-order chi connectivity index (χ0) is 38.5. The Morgan fingerprint density at radius 1 is 0.491 bits per heavy atom. The van der Waals surface area contributed by atoms with Crippen molar-refractivity contribution in [3.05, 3.63) is 222 Å². The Hall–Kier alpha value is -7.30. The van der Waals surface area contributed by atoms with Gasteiger partial charge in [0.1, 0.15) is 5.82 Å². The lowest BCUT2D eigenvalue weighted by atomic mass is 9.82. The lowest BCUT2D eigenvalue weighted by Gasteiger charge is -2.29. The van der Waals surface area contributed by atoms with Crippen molar-refractivity contribution in [1.29, 1.82) is 0 Å². The molecule has 8 aromatic carbocycles. The lowest BCUT2D eigenvalue weighted by molar-refractivity contribution is 0.660. The molecule has 0 fully saturated rings. The first-order chi connectivity index (χ1) is 28.0. The number of hydrogen-bond donors (Lipinski definition) is 0. The van der Waals surface area contributed by atoms with E-state index in [9.17, 15) is 4.79 Å². The molecule has 4 heteroatoms. The Morgan fingerprint density at radius 3 is 1.82 bits per heavy atom. The van der Waals surface area contributed by atoms with Crippen LogP contribution in [0.4, 0.5) is 17.1 Å². The molecular formula is C53H39N3O. The van der Waals surface area contributed by atoms with E-state index in [0.717, 1.165) is 39.4 Å². The summed E-state index contributed by atoms with van der Waals surface area (Å²) < 4.78 is 1.73. The van der Waals surface area contributed by atoms with Gasteiger partial charge in [0.15, 0.2) is 0 Å². The summed E-state index contributed by atoms with van der Waals surface area (Å²) in [7, 11) is 0. The average Bonchev–Trinajstić information content (AvgIpc) is 3.51. The van der Waals surface area contributed by atoms with Gasteiger partial charge in [-0.3, -0.25) is 9.36 Å². The molecule has 0 atom stereocenters. The SMILES string of the molecule is CC1(C)c2ccccc2-c2c(N(c3ccc(-c4ccccc4)cc3)c3cccc(-c4ccc5nc(-c6ccccc6)n(-c6ccccc6)c(=O)c5c4)c3)cccc21. The summed E-state index contributed by atoms with van der Waals surface area (Å²) in [6, 6.07) is 69.3. The number of rotatable bonds is 7. The van der Waals surface area contributed by atoms with Crippen molar-refractivity contribution in [2.24, 2.45) is 0 Å². The number of benzene rings is 8. The Labute approximate surface area is 332 Å². The average molecular weight is 734 g/mol. The predicted octanol–water partition coefficient (Wildman–Crippen LogP) is 13.2. The molecule has 10 rings (SSSR count). The molecule has 0 N–H and O–H groups in total. The number of para-hydroxylation sites is 1. The minimum Gasteiger partial charge on any atom is -0.310 e. The highest BCUT2D eigenvalue weighted by Crippen LogP contribution is 2.54. The van der Waals surface area contributed by atoms with E-state index < -0.39 is 0 Å². The van der Waals surface area contributed by atoms with Gasteiger partial charge in [0, 0.05) is 27.9 Å². The summed E-state index contributed by atoms with van der Waals surface area (Å²) in [5, 5.41) is 0.564. The van der Waals surface area contributed by atoms with Gasteiger partial charge in [0.2, 0.25) is 0 Å². The van der Waals surface area contributed by atoms with Crippen molar-refractivity contribution in [2.45, 2.75) is 19.3 Å². The predicted molar refractivity (Wildman–Crippen MR) is 236 cm³/mol. The van der Waals surface area contributed by atoms with Gasteiger partial charge in [-0.15, -0.1) is 0 Å². The van der Waals surface area contributed by atoms with Gasteiger partial charge in [-0.1, -0.05) is 159 Å². The van der Waals surface area contributed by atoms with Crippen LogP contribution >= 0.6 is 0 Å². The van der Waals surface area contributed by atoms with Gasteiger partial charge in [0.25, 0.3) is 5.56 Å². The molecule has 0 amide bonds. The second-order valence-corrected chi connectivity index (χ2v) is 15.2. The molecule has 9 aromatic rings. The van der Waals surface area contributed by atoms with E-state index in [1.165, 1.54) is 33.4 Å². The highest BCUT2D eigenvalue weighted by molar-refractivity contribution is 5.96. The van der Waals surface area contributed by atoms with Crippen LogP contribution in [0.2, 0.25) is 0 Å². The summed E-state index contributed by atoms with van der Waals surface area (Å²) in [6.07, 6.45) is 0. The van der Waals surface area contributed by atoms with Crippen LogP contribution in [-0.2, 0) is 5.41 Å². The van der Waals surface area contributed by atoms with Crippen molar-refractivity contribution < 1.29 is 0 Å². The fourth-order valence-corrected chi connectivity index (χ4v) is 8.57. The fourth-order valence-electron chi connectivity index (χ4n) is 8.57. The number of aromatic nitrogens is 2. The van der Waals surface area contributed by atoms with Crippen LogP contribution in [0.1, 0.15) is 25.0 Å². The molecule has 1 aliphatic rings. The number of nitrogens with zero attached hydrogens (tertiary/aromatic N) is 3. The monoisotopic (exact) mass is 733 g/mol. The number of fused-ring (bicyclic) bond motifs is 4. The summed E-state index contributed by atoms with van der Waals surface area (Å²) >= 11 is 0. The minimum absolute atomic E-state index is 0.107. The van der Waals surface area contributed by atoms with E-state index in [-0.39, 0.29) is 11.0 Å². The maximum Gasteiger partial charge on any atom is 0.266 e. The van der Waals surface area contributed by atoms with Gasteiger partial charge in [0.05, 0.1) is 22.3 Å². The third-order valence-electron chi connectivity index (χ3n) is 11.4. The van der Waals surface area contributed by atoms with Gasteiger partial charge >= 0.3 is 0 Å². The second kappa shape index (κ2) is 13.8. The Balaban J connectivity index is 1.14. The molecule has 4 nitrogen and oxygen atoms in total. The highest BCUT2D eigenvalue weighted by atomic mass is 16.1. The second-order valence-electron chi connectivity index (χ2n) is 15.2. The Kier molecular flexibility index (Phi) is 8.27. The normalized spacial score (nSPS) is 12.6. The van der Waals surface area contributed by atoms with E-state index in [4.69, 9.17) is 4.98 Å². The van der Waals surface area contributed by atoms with Crippen molar-refractivity contribution in [1.82, 2.24) is 9.55 Å². The summed E-state index contributed by atoms with van der Waals surface area (Å²) in [5.74, 6) is 0.614. The van der Waals surface area contributed by atoms with Crippen LogP contribution in [0.15, 0.2) is 205 Å². The third kappa shape index (κ3) is 5.85. The fraction of sp³-hybridized carbons (Fsp3) is 0.0566. The molecule has 0 bridgehead atoms. The Morgan fingerprint density at radius 2 is 1.07 bits per heavy atom. The van der Waals surface area contributed by atoms with E-state index in [1.54, 1.807) is 4.57 Å². The topological polar surface area (TPSA) is 38.1 Å². The molecule has 0 saturated carbocycles. The van der Waals surface area contributed by atoms with Gasteiger partial charge in [-0.05, 0) is 93.5 Å². The van der Waals surface area contributed by atoms with E-state index in [2.05, 4.69) is 146 Å². The first kappa shape index (κ1) is 34.2. The summed E-state index contributed by atoms with van der Waals surface area (Å²) in [5.41, 5.74) is 14.7. The third-order valence-corrected chi connectivity index (χ3v) is 11.4. The van der Waals surface area contributed by atoms with E-state index in [0.29, 0.717) is 16.7 Å². The zero-order valence-electron chi connectivity index (χ0n) is 31.8. The van der Waals surface area contributed by atoms with Crippen molar-refractivity contribution >= 4 is 28.0 Å². The van der Waals surface area contributed by atoms with Crippen molar-refractivity contribution in [3.8, 4) is 50.5 Å². The minimum atomic E-state index is -0.140.